The molecule has 4 N–H and O–H groups in total. The van der Waals surface area contributed by atoms with Crippen LogP contribution in [0.2, 0.25) is 0 Å². The highest BCUT2D eigenvalue weighted by atomic mass is 32.1. The van der Waals surface area contributed by atoms with E-state index in [9.17, 15) is 33.4 Å². The van der Waals surface area contributed by atoms with E-state index in [1.165, 1.54) is 0 Å². The SMILES string of the molecule is C#CC1CC1(NC(O)[C@@H]1C[C@@H](O)CN1C(=O)C1(C(C)(C)C)CC1NC(=O)CCCCCCCCCCn1cc(-c2cc3c(cc2C(F)F)N(c2cc(OC)cc4c2cc(C)c(=O)n4C)CCC3)cn1)c1ccc(-c2scnc2C)cc1. The fourth-order valence-corrected chi connectivity index (χ4v) is 14.0. The van der Waals surface area contributed by atoms with Gasteiger partial charge in [-0.15, -0.1) is 23.7 Å². The number of nitrogens with one attached hydrogen (secondary N) is 2. The molecule has 4 aliphatic rings. The molecule has 3 aromatic carbocycles. The van der Waals surface area contributed by atoms with Crippen LogP contribution < -0.4 is 25.8 Å². The molecule has 6 aromatic rings. The predicted octanol–water partition coefficient (Wildman–Crippen LogP) is 11.0. The standard InChI is InChI=1S/C64H78F2N8O6S/c1-9-44-33-64(44,45-23-21-41(22-24-45)57-40(3)67-38-81-57)70-59(77)54-29-46(75)37-74(54)61(79)63(62(4,5)6)34-55(63)69-56(76)20-16-14-12-10-11-13-15-17-25-72-36-43(35-68-72)48-28-42-19-18-26-73(51(42)32-49(48)58(65)66)53-31-47(80-8)30-52-50(53)27-39(2)60(78)71(52)7/h1,21-24,27-28,30-32,35-36,38,44,46,54-55,58-59,70,75,77H,10-20,25-26,29,33-34,37H2,2-8H3,(H,69,76)/t44?,46-,54+,55?,59?,63?,64?/m1/s1. The topological polar surface area (TPSA) is 167 Å². The third-order valence-electron chi connectivity index (χ3n) is 18.0. The number of aryl methyl sites for hydroxylation is 5. The number of aliphatic hydroxyl groups excluding tert-OH is 2. The maximum absolute atomic E-state index is 15.0. The monoisotopic (exact) mass is 1120 g/mol. The lowest BCUT2D eigenvalue weighted by molar-refractivity contribution is -0.145. The number of likely N-dealkylation sites (tertiary alicyclic amines) is 1. The fourth-order valence-electron chi connectivity index (χ4n) is 13.2. The van der Waals surface area contributed by atoms with Crippen molar-refractivity contribution in [1.29, 1.82) is 0 Å². The molecule has 81 heavy (non-hydrogen) atoms. The summed E-state index contributed by atoms with van der Waals surface area (Å²) >= 11 is 1.59. The van der Waals surface area contributed by atoms with Crippen molar-refractivity contribution in [3.8, 4) is 39.7 Å². The lowest BCUT2D eigenvalue weighted by atomic mass is 9.75. The number of methoxy groups -OCH3 is 1. The number of thiazole rings is 1. The molecule has 0 radical (unpaired) electrons. The van der Waals surface area contributed by atoms with Gasteiger partial charge in [0.2, 0.25) is 11.8 Å². The van der Waals surface area contributed by atoms with Crippen LogP contribution in [-0.2, 0) is 35.1 Å². The molecule has 10 rings (SSSR count). The molecule has 430 valence electrons. The number of hydrogen-bond donors (Lipinski definition) is 4. The molecule has 1 saturated heterocycles. The van der Waals surface area contributed by atoms with E-state index in [4.69, 9.17) is 11.2 Å². The first-order chi connectivity index (χ1) is 38.8. The number of fused-ring (bicyclic) bond motifs is 2. The van der Waals surface area contributed by atoms with Crippen LogP contribution in [0, 0.1) is 42.9 Å². The van der Waals surface area contributed by atoms with Gasteiger partial charge in [0.1, 0.15) is 12.0 Å². The van der Waals surface area contributed by atoms with Crippen molar-refractivity contribution in [3.05, 3.63) is 111 Å². The summed E-state index contributed by atoms with van der Waals surface area (Å²) in [5, 5.41) is 34.9. The van der Waals surface area contributed by atoms with E-state index in [1.54, 1.807) is 54.1 Å². The number of aliphatic hydroxyl groups is 2. The zero-order chi connectivity index (χ0) is 57.5. The number of ether oxygens (including phenoxy) is 1. The number of nitrogens with zero attached hydrogens (tertiary/aromatic N) is 6. The number of rotatable bonds is 22. The minimum absolute atomic E-state index is 0.0436. The van der Waals surface area contributed by atoms with Crippen LogP contribution in [0.5, 0.6) is 5.75 Å². The Labute approximate surface area is 478 Å². The molecule has 5 unspecified atom stereocenters. The van der Waals surface area contributed by atoms with Gasteiger partial charge in [0.05, 0.1) is 63.7 Å². The van der Waals surface area contributed by atoms with E-state index in [2.05, 4.69) is 43.7 Å². The highest BCUT2D eigenvalue weighted by Gasteiger charge is 2.69. The summed E-state index contributed by atoms with van der Waals surface area (Å²) in [6.45, 7) is 11.3. The number of hydrogen-bond acceptors (Lipinski definition) is 11. The van der Waals surface area contributed by atoms with Gasteiger partial charge < -0.3 is 34.6 Å². The Bertz CT molecular complexity index is 3400. The van der Waals surface area contributed by atoms with Crippen LogP contribution in [0.15, 0.2) is 77.3 Å². The summed E-state index contributed by atoms with van der Waals surface area (Å²) in [5.41, 5.74) is 7.63. The Balaban J connectivity index is 0.666. The van der Waals surface area contributed by atoms with Crippen LogP contribution in [-0.4, -0.2) is 90.9 Å². The molecule has 2 amide bonds. The number of benzene rings is 3. The Morgan fingerprint density at radius 3 is 2.37 bits per heavy atom. The second kappa shape index (κ2) is 23.4. The van der Waals surface area contributed by atoms with Gasteiger partial charge >= 0.3 is 0 Å². The fraction of sp³-hybridized carbons (Fsp3) is 0.516. The summed E-state index contributed by atoms with van der Waals surface area (Å²) < 4.78 is 39.1. The van der Waals surface area contributed by atoms with Crippen LogP contribution in [0.4, 0.5) is 20.2 Å². The van der Waals surface area contributed by atoms with Crippen molar-refractivity contribution in [3.63, 3.8) is 0 Å². The second-order valence-corrected chi connectivity index (χ2v) is 25.1. The van der Waals surface area contributed by atoms with Gasteiger partial charge in [-0.1, -0.05) is 83.6 Å². The normalized spacial score (nSPS) is 22.7. The van der Waals surface area contributed by atoms with Crippen LogP contribution >= 0.6 is 11.3 Å². The number of unbranched alkanes of at least 4 members (excludes halogenated alkanes) is 7. The average molecular weight is 1130 g/mol. The molecule has 0 spiro atoms. The molecular weight excluding hydrogens is 1050 g/mol. The summed E-state index contributed by atoms with van der Waals surface area (Å²) in [5.74, 6) is 3.09. The van der Waals surface area contributed by atoms with Gasteiger partial charge in [0, 0.05) is 91.2 Å². The Kier molecular flexibility index (Phi) is 16.7. The number of alkyl halides is 2. The third kappa shape index (κ3) is 11.4. The lowest BCUT2D eigenvalue weighted by Crippen LogP contribution is -2.56. The summed E-state index contributed by atoms with van der Waals surface area (Å²) in [7, 11) is 3.32. The van der Waals surface area contributed by atoms with Crippen LogP contribution in [0.25, 0.3) is 32.5 Å². The van der Waals surface area contributed by atoms with Crippen molar-refractivity contribution in [2.24, 2.45) is 23.8 Å². The van der Waals surface area contributed by atoms with E-state index < -0.39 is 41.2 Å². The largest absolute Gasteiger partial charge is 0.497 e. The zero-order valence-corrected chi connectivity index (χ0v) is 48.7. The van der Waals surface area contributed by atoms with Crippen molar-refractivity contribution in [2.75, 3.05) is 25.1 Å². The van der Waals surface area contributed by atoms with E-state index in [1.807, 2.05) is 80.5 Å². The molecule has 17 heteroatoms. The second-order valence-electron chi connectivity index (χ2n) is 24.3. The minimum Gasteiger partial charge on any atom is -0.497 e. The third-order valence-corrected chi connectivity index (χ3v) is 19.0. The van der Waals surface area contributed by atoms with Crippen LogP contribution in [0.1, 0.15) is 139 Å². The van der Waals surface area contributed by atoms with Gasteiger partial charge in [-0.05, 0) is 105 Å². The van der Waals surface area contributed by atoms with Gasteiger partial charge in [0.15, 0.2) is 0 Å². The number of amides is 2. The number of halogens is 2. The molecule has 7 atom stereocenters. The van der Waals surface area contributed by atoms with Gasteiger partial charge in [-0.25, -0.2) is 13.8 Å². The summed E-state index contributed by atoms with van der Waals surface area (Å²) in [6, 6.07) is 16.3. The van der Waals surface area contributed by atoms with Gasteiger partial charge in [-0.2, -0.15) is 5.10 Å². The van der Waals surface area contributed by atoms with Crippen LogP contribution in [0.3, 0.4) is 0 Å². The molecule has 3 aromatic heterocycles. The first kappa shape index (κ1) is 57.8. The predicted molar refractivity (Wildman–Crippen MR) is 315 cm³/mol. The number of carbonyl (C=O) groups excluding carboxylic acids is 2. The molecule has 2 aliphatic heterocycles. The molecule has 2 aliphatic carbocycles. The minimum atomic E-state index is -2.70. The molecule has 0 bridgehead atoms. The lowest BCUT2D eigenvalue weighted by Gasteiger charge is -2.38. The number of β-amino-alcohol motifs (C(OH)–C–C–N with tert-alkyl or cyclic N) is 1. The number of terminal acetylenes is 1. The van der Waals surface area contributed by atoms with Crippen molar-refractivity contribution in [1.82, 2.24) is 34.9 Å². The number of anilines is 2. The van der Waals surface area contributed by atoms with E-state index in [-0.39, 0.29) is 47.9 Å². The van der Waals surface area contributed by atoms with Crippen molar-refractivity contribution < 1.29 is 33.3 Å². The highest BCUT2D eigenvalue weighted by Crippen LogP contribution is 2.60. The molecule has 3 fully saturated rings. The van der Waals surface area contributed by atoms with E-state index in [0.717, 1.165) is 108 Å². The molecular formula is C64H78F2N8O6S. The maximum Gasteiger partial charge on any atom is 0.264 e. The van der Waals surface area contributed by atoms with E-state index >= 15 is 0 Å². The zero-order valence-electron chi connectivity index (χ0n) is 47.9. The first-order valence-corrected chi connectivity index (χ1v) is 29.8. The quantitative estimate of drug-likeness (QED) is 0.0292. The smallest absolute Gasteiger partial charge is 0.264 e. The van der Waals surface area contributed by atoms with Gasteiger partial charge in [-0.3, -0.25) is 24.4 Å². The Morgan fingerprint density at radius 2 is 1.70 bits per heavy atom. The number of carbonyl (C=O) groups is 2. The summed E-state index contributed by atoms with van der Waals surface area (Å²) in [6.07, 6.45) is 16.0. The first-order valence-electron chi connectivity index (χ1n) is 28.9. The summed E-state index contributed by atoms with van der Waals surface area (Å²) in [4.78, 5) is 50.2. The number of aromatic nitrogens is 4. The Morgan fingerprint density at radius 1 is 0.975 bits per heavy atom. The maximum atomic E-state index is 15.0. The van der Waals surface area contributed by atoms with Crippen molar-refractivity contribution in [2.45, 2.75) is 167 Å². The average Bonchev–Trinajstić information content (AvgIpc) is 2.18. The molecule has 2 saturated carbocycles. The number of pyridine rings is 1. The van der Waals surface area contributed by atoms with E-state index in [0.29, 0.717) is 60.3 Å². The van der Waals surface area contributed by atoms with Gasteiger partial charge in [0.25, 0.3) is 12.0 Å². The van der Waals surface area contributed by atoms with Crippen molar-refractivity contribution >= 4 is 45.4 Å². The Hall–Kier alpha value is -6.45. The molecule has 14 nitrogen and oxygen atoms in total. The molecule has 5 heterocycles. The highest BCUT2D eigenvalue weighted by molar-refractivity contribution is 7.13.